The lowest BCUT2D eigenvalue weighted by Crippen LogP contribution is -2.22. The summed E-state index contributed by atoms with van der Waals surface area (Å²) in [5, 5.41) is 7.89. The summed E-state index contributed by atoms with van der Waals surface area (Å²) in [5.41, 5.74) is 4.23. The Balaban J connectivity index is 1.66. The summed E-state index contributed by atoms with van der Waals surface area (Å²) in [4.78, 5) is 18.6. The minimum atomic E-state index is -0.312. The predicted octanol–water partition coefficient (Wildman–Crippen LogP) is 4.28. The van der Waals surface area contributed by atoms with Gasteiger partial charge in [-0.3, -0.25) is 9.78 Å². The topological polar surface area (TPSA) is 69.8 Å². The molecule has 6 heteroatoms. The summed E-state index contributed by atoms with van der Waals surface area (Å²) < 4.78 is 14.2. The number of hydrogen-bond acceptors (Lipinski definition) is 3. The van der Waals surface area contributed by atoms with Gasteiger partial charge in [0, 0.05) is 42.3 Å². The van der Waals surface area contributed by atoms with Crippen molar-refractivity contribution in [2.24, 2.45) is 0 Å². The number of carbonyl (C=O) groups excluding carboxylic acids is 1. The van der Waals surface area contributed by atoms with Crippen molar-refractivity contribution in [3.63, 3.8) is 0 Å². The Morgan fingerprint density at radius 3 is 2.96 bits per heavy atom. The number of hydrogen-bond donors (Lipinski definition) is 3. The number of nitrogens with zero attached hydrogens (tertiary/aromatic N) is 1. The number of rotatable bonds is 5. The first-order chi connectivity index (χ1) is 13.1. The molecule has 2 aromatic carbocycles. The van der Waals surface area contributed by atoms with Crippen LogP contribution in [0.2, 0.25) is 0 Å². The molecule has 136 valence electrons. The average molecular weight is 362 g/mol. The van der Waals surface area contributed by atoms with Gasteiger partial charge in [-0.05, 0) is 48.4 Å². The molecule has 4 rings (SSSR count). The van der Waals surface area contributed by atoms with Crippen molar-refractivity contribution in [1.29, 1.82) is 0 Å². The molecule has 4 aromatic rings. The zero-order valence-electron chi connectivity index (χ0n) is 14.8. The highest BCUT2D eigenvalue weighted by molar-refractivity contribution is 5.96. The van der Waals surface area contributed by atoms with Crippen molar-refractivity contribution >= 4 is 39.1 Å². The summed E-state index contributed by atoms with van der Waals surface area (Å²) in [6, 6.07) is 12.7. The molecule has 2 aromatic heterocycles. The number of H-pyrrole nitrogens is 1. The van der Waals surface area contributed by atoms with Gasteiger partial charge in [0.25, 0.3) is 0 Å². The maximum absolute atomic E-state index is 14.2. The fraction of sp³-hybridized carbons (Fsp3) is 0.143. The van der Waals surface area contributed by atoms with Crippen LogP contribution in [0, 0.1) is 5.82 Å². The second kappa shape index (κ2) is 7.07. The highest BCUT2D eigenvalue weighted by atomic mass is 19.1. The van der Waals surface area contributed by atoms with E-state index >= 15 is 0 Å². The Kier molecular flexibility index (Phi) is 4.46. The number of nitrogens with one attached hydrogen (secondary N) is 3. The van der Waals surface area contributed by atoms with Crippen LogP contribution >= 0.6 is 0 Å². The van der Waals surface area contributed by atoms with Crippen LogP contribution in [0.3, 0.4) is 0 Å². The smallest absolute Gasteiger partial charge is 0.216 e. The number of benzene rings is 2. The Morgan fingerprint density at radius 2 is 2.11 bits per heavy atom. The average Bonchev–Trinajstić information content (AvgIpc) is 3.04. The Labute approximate surface area is 155 Å². The molecule has 3 N–H and O–H groups in total. The van der Waals surface area contributed by atoms with Gasteiger partial charge < -0.3 is 15.6 Å². The number of aromatic nitrogens is 2. The number of anilines is 2. The third-order valence-electron chi connectivity index (χ3n) is 4.49. The van der Waals surface area contributed by atoms with Crippen LogP contribution in [0.25, 0.3) is 21.8 Å². The Hall–Kier alpha value is -3.41. The highest BCUT2D eigenvalue weighted by Crippen LogP contribution is 2.30. The second-order valence-corrected chi connectivity index (χ2v) is 6.46. The molecule has 0 spiro atoms. The number of halogens is 1. The van der Waals surface area contributed by atoms with E-state index < -0.39 is 0 Å². The van der Waals surface area contributed by atoms with Crippen molar-refractivity contribution in [2.45, 2.75) is 13.3 Å². The number of amides is 1. The Bertz CT molecular complexity index is 1140. The van der Waals surface area contributed by atoms with Crippen molar-refractivity contribution in [2.75, 3.05) is 11.9 Å². The first-order valence-electron chi connectivity index (χ1n) is 8.76. The lowest BCUT2D eigenvalue weighted by molar-refractivity contribution is -0.118. The highest BCUT2D eigenvalue weighted by Gasteiger charge is 2.11. The minimum Gasteiger partial charge on any atom is -0.359 e. The molecule has 0 saturated heterocycles. The van der Waals surface area contributed by atoms with E-state index in [9.17, 15) is 9.18 Å². The lowest BCUT2D eigenvalue weighted by atomic mass is 10.1. The van der Waals surface area contributed by atoms with Gasteiger partial charge in [-0.15, -0.1) is 0 Å². The monoisotopic (exact) mass is 362 g/mol. The van der Waals surface area contributed by atoms with Gasteiger partial charge >= 0.3 is 0 Å². The standard InChI is InChI=1S/C21H19FN4O/c1-13(27)23-8-6-15-12-25-21-18(15)10-16(22)11-20(21)26-17-4-5-19-14(9-17)3-2-7-24-19/h2-5,7,9-12,25-26H,6,8H2,1H3,(H,23,27). The van der Waals surface area contributed by atoms with Gasteiger partial charge in [0.15, 0.2) is 0 Å². The summed E-state index contributed by atoms with van der Waals surface area (Å²) in [6.45, 7) is 2.00. The molecule has 0 radical (unpaired) electrons. The van der Waals surface area contributed by atoms with Gasteiger partial charge in [-0.25, -0.2) is 4.39 Å². The fourth-order valence-electron chi connectivity index (χ4n) is 3.24. The summed E-state index contributed by atoms with van der Waals surface area (Å²) in [6.07, 6.45) is 4.25. The van der Waals surface area contributed by atoms with E-state index in [-0.39, 0.29) is 11.7 Å². The normalized spacial score (nSPS) is 11.0. The van der Waals surface area contributed by atoms with E-state index in [1.54, 1.807) is 6.20 Å². The van der Waals surface area contributed by atoms with E-state index in [1.165, 1.54) is 19.1 Å². The van der Waals surface area contributed by atoms with Gasteiger partial charge in [-0.2, -0.15) is 0 Å². The lowest BCUT2D eigenvalue weighted by Gasteiger charge is -2.10. The van der Waals surface area contributed by atoms with E-state index in [1.807, 2.05) is 36.5 Å². The van der Waals surface area contributed by atoms with Crippen LogP contribution in [0.1, 0.15) is 12.5 Å². The molecule has 0 unspecified atom stereocenters. The molecule has 5 nitrogen and oxygen atoms in total. The van der Waals surface area contributed by atoms with Crippen molar-refractivity contribution in [1.82, 2.24) is 15.3 Å². The van der Waals surface area contributed by atoms with Crippen LogP contribution in [0.4, 0.5) is 15.8 Å². The third kappa shape index (κ3) is 3.60. The molecular formula is C21H19FN4O. The van der Waals surface area contributed by atoms with Crippen LogP contribution in [0.5, 0.6) is 0 Å². The first-order valence-corrected chi connectivity index (χ1v) is 8.76. The summed E-state index contributed by atoms with van der Waals surface area (Å²) >= 11 is 0. The largest absolute Gasteiger partial charge is 0.359 e. The summed E-state index contributed by atoms with van der Waals surface area (Å²) in [7, 11) is 0. The molecule has 0 fully saturated rings. The van der Waals surface area contributed by atoms with Crippen LogP contribution in [0.15, 0.2) is 54.9 Å². The number of fused-ring (bicyclic) bond motifs is 2. The SMILES string of the molecule is CC(=O)NCCc1c[nH]c2c(Nc3ccc4ncccc4c3)cc(F)cc12. The maximum atomic E-state index is 14.2. The van der Waals surface area contributed by atoms with Gasteiger partial charge in [0.1, 0.15) is 5.82 Å². The fourth-order valence-corrected chi connectivity index (χ4v) is 3.24. The van der Waals surface area contributed by atoms with Crippen molar-refractivity contribution in [3.05, 3.63) is 66.2 Å². The molecule has 0 atom stereocenters. The van der Waals surface area contributed by atoms with Crippen LogP contribution in [-0.4, -0.2) is 22.4 Å². The molecular weight excluding hydrogens is 343 g/mol. The maximum Gasteiger partial charge on any atom is 0.216 e. The number of carbonyl (C=O) groups is 1. The molecule has 0 saturated carbocycles. The predicted molar refractivity (Wildman–Crippen MR) is 106 cm³/mol. The molecule has 0 aliphatic rings. The third-order valence-corrected chi connectivity index (χ3v) is 4.49. The van der Waals surface area contributed by atoms with Crippen molar-refractivity contribution in [3.8, 4) is 0 Å². The molecule has 0 bridgehead atoms. The van der Waals surface area contributed by atoms with Gasteiger partial charge in [0.05, 0.1) is 16.7 Å². The quantitative estimate of drug-likeness (QED) is 0.496. The molecule has 1 amide bonds. The van der Waals surface area contributed by atoms with Gasteiger partial charge in [0.2, 0.25) is 5.91 Å². The summed E-state index contributed by atoms with van der Waals surface area (Å²) in [5.74, 6) is -0.387. The molecule has 0 aliphatic heterocycles. The number of aromatic amines is 1. The molecule has 2 heterocycles. The minimum absolute atomic E-state index is 0.0748. The Morgan fingerprint density at radius 1 is 1.22 bits per heavy atom. The van der Waals surface area contributed by atoms with Crippen LogP contribution < -0.4 is 10.6 Å². The number of pyridine rings is 1. The van der Waals surface area contributed by atoms with E-state index in [0.29, 0.717) is 18.7 Å². The second-order valence-electron chi connectivity index (χ2n) is 6.46. The van der Waals surface area contributed by atoms with E-state index in [4.69, 9.17) is 0 Å². The molecule has 27 heavy (non-hydrogen) atoms. The van der Waals surface area contributed by atoms with Gasteiger partial charge in [-0.1, -0.05) is 6.07 Å². The van der Waals surface area contributed by atoms with E-state index in [2.05, 4.69) is 20.6 Å². The van der Waals surface area contributed by atoms with Crippen LogP contribution in [-0.2, 0) is 11.2 Å². The first kappa shape index (κ1) is 17.0. The zero-order chi connectivity index (χ0) is 18.8. The molecule has 0 aliphatic carbocycles. The van der Waals surface area contributed by atoms with E-state index in [0.717, 1.165) is 33.1 Å². The van der Waals surface area contributed by atoms with Crippen molar-refractivity contribution < 1.29 is 9.18 Å². The zero-order valence-corrected chi connectivity index (χ0v) is 14.8.